The minimum absolute atomic E-state index is 0.174. The van der Waals surface area contributed by atoms with Crippen molar-refractivity contribution in [2.75, 3.05) is 26.3 Å². The van der Waals surface area contributed by atoms with Crippen LogP contribution in [0.1, 0.15) is 64.7 Å². The van der Waals surface area contributed by atoms with E-state index in [4.69, 9.17) is 9.47 Å². The summed E-state index contributed by atoms with van der Waals surface area (Å²) in [5, 5.41) is 0. The first-order valence-corrected chi connectivity index (χ1v) is 12.7. The van der Waals surface area contributed by atoms with Crippen molar-refractivity contribution in [1.82, 2.24) is 9.62 Å². The summed E-state index contributed by atoms with van der Waals surface area (Å²) in [5.41, 5.74) is 0. The van der Waals surface area contributed by atoms with Gasteiger partial charge in [0.15, 0.2) is 11.5 Å². The molecule has 1 amide bonds. The van der Waals surface area contributed by atoms with Gasteiger partial charge >= 0.3 is 0 Å². The summed E-state index contributed by atoms with van der Waals surface area (Å²) >= 11 is 0. The quantitative estimate of drug-likeness (QED) is 0.566. The number of fused-ring (bicyclic) bond motifs is 1. The van der Waals surface area contributed by atoms with Gasteiger partial charge in [0.05, 0.1) is 4.90 Å². The van der Waals surface area contributed by atoms with E-state index in [1.165, 1.54) is 31.4 Å². The number of carbonyl (C=O) groups excluding carboxylic acids is 1. The van der Waals surface area contributed by atoms with Crippen LogP contribution in [-0.2, 0) is 14.8 Å². The molecule has 7 nitrogen and oxygen atoms in total. The van der Waals surface area contributed by atoms with E-state index < -0.39 is 10.0 Å². The smallest absolute Gasteiger partial charge is 0.240 e. The highest BCUT2D eigenvalue weighted by Crippen LogP contribution is 2.32. The molecule has 1 aromatic carbocycles. The Bertz CT molecular complexity index is 806. The molecule has 0 radical (unpaired) electrons. The number of hydrogen-bond acceptors (Lipinski definition) is 5. The van der Waals surface area contributed by atoms with Crippen molar-refractivity contribution in [3.63, 3.8) is 0 Å². The van der Waals surface area contributed by atoms with Crippen LogP contribution in [0.3, 0.4) is 0 Å². The fourth-order valence-electron chi connectivity index (χ4n) is 4.23. The molecule has 3 rings (SSSR count). The van der Waals surface area contributed by atoms with Gasteiger partial charge in [-0.1, -0.05) is 25.7 Å². The number of rotatable bonds is 10. The van der Waals surface area contributed by atoms with Gasteiger partial charge in [-0.15, -0.1) is 0 Å². The van der Waals surface area contributed by atoms with Gasteiger partial charge in [-0.25, -0.2) is 13.1 Å². The van der Waals surface area contributed by atoms with Gasteiger partial charge in [0.2, 0.25) is 15.9 Å². The molecular formula is C22H34N2O5S. The van der Waals surface area contributed by atoms with Gasteiger partial charge < -0.3 is 14.4 Å². The third-order valence-electron chi connectivity index (χ3n) is 5.86. The minimum Gasteiger partial charge on any atom is -0.486 e. The molecule has 168 valence electrons. The molecule has 1 heterocycles. The lowest BCUT2D eigenvalue weighted by Gasteiger charge is -2.33. The summed E-state index contributed by atoms with van der Waals surface area (Å²) in [6.45, 7) is 4.07. The van der Waals surface area contributed by atoms with Crippen LogP contribution in [0.4, 0.5) is 0 Å². The molecule has 0 aromatic heterocycles. The van der Waals surface area contributed by atoms with E-state index >= 15 is 0 Å². The molecule has 1 N–H and O–H groups in total. The largest absolute Gasteiger partial charge is 0.486 e. The van der Waals surface area contributed by atoms with E-state index in [0.717, 1.165) is 32.2 Å². The second-order valence-electron chi connectivity index (χ2n) is 7.99. The fraction of sp³-hybridized carbons (Fsp3) is 0.682. The minimum atomic E-state index is -3.59. The summed E-state index contributed by atoms with van der Waals surface area (Å²) in [7, 11) is -3.59. The molecular weight excluding hydrogens is 404 g/mol. The number of carbonyl (C=O) groups is 1. The van der Waals surface area contributed by atoms with E-state index in [1.807, 2.05) is 4.90 Å². The van der Waals surface area contributed by atoms with E-state index in [1.54, 1.807) is 6.07 Å². The molecule has 0 spiro atoms. The Morgan fingerprint density at radius 2 is 1.80 bits per heavy atom. The average Bonchev–Trinajstić information content (AvgIpc) is 2.77. The van der Waals surface area contributed by atoms with E-state index in [-0.39, 0.29) is 10.8 Å². The van der Waals surface area contributed by atoms with Gasteiger partial charge in [0, 0.05) is 31.6 Å². The molecule has 2 aliphatic rings. The lowest BCUT2D eigenvalue weighted by atomic mass is 9.94. The van der Waals surface area contributed by atoms with Gasteiger partial charge in [-0.2, -0.15) is 0 Å². The average molecular weight is 439 g/mol. The van der Waals surface area contributed by atoms with E-state index in [0.29, 0.717) is 50.1 Å². The van der Waals surface area contributed by atoms with Crippen LogP contribution >= 0.6 is 0 Å². The number of sulfonamides is 1. The number of benzene rings is 1. The van der Waals surface area contributed by atoms with E-state index in [2.05, 4.69) is 11.6 Å². The highest BCUT2D eigenvalue weighted by atomic mass is 32.2. The molecule has 0 atom stereocenters. The normalized spacial score (nSPS) is 17.0. The van der Waals surface area contributed by atoms with E-state index in [9.17, 15) is 13.2 Å². The van der Waals surface area contributed by atoms with Crippen molar-refractivity contribution in [2.24, 2.45) is 0 Å². The predicted molar refractivity (Wildman–Crippen MR) is 115 cm³/mol. The van der Waals surface area contributed by atoms with Gasteiger partial charge in [0.25, 0.3) is 0 Å². The van der Waals surface area contributed by atoms with Crippen molar-refractivity contribution in [3.05, 3.63) is 18.2 Å². The Kier molecular flexibility index (Phi) is 8.39. The zero-order chi connectivity index (χ0) is 21.4. The Hall–Kier alpha value is -1.80. The van der Waals surface area contributed by atoms with Crippen LogP contribution < -0.4 is 14.2 Å². The predicted octanol–water partition coefficient (Wildman–Crippen LogP) is 3.48. The molecule has 1 fully saturated rings. The number of unbranched alkanes of at least 4 members (excludes halogenated alkanes) is 2. The molecule has 0 unspecified atom stereocenters. The van der Waals surface area contributed by atoms with Crippen LogP contribution in [0.2, 0.25) is 0 Å². The molecule has 0 bridgehead atoms. The Morgan fingerprint density at radius 1 is 1.07 bits per heavy atom. The molecule has 0 saturated heterocycles. The molecule has 1 aliphatic heterocycles. The number of nitrogens with one attached hydrogen (secondary N) is 1. The Balaban J connectivity index is 1.37. The lowest BCUT2D eigenvalue weighted by Crippen LogP contribution is -2.41. The van der Waals surface area contributed by atoms with Crippen molar-refractivity contribution in [1.29, 1.82) is 0 Å². The number of hydrogen-bond donors (Lipinski definition) is 1. The summed E-state index contributed by atoms with van der Waals surface area (Å²) in [6, 6.07) is 5.06. The summed E-state index contributed by atoms with van der Waals surface area (Å²) in [6.07, 6.45) is 8.82. The van der Waals surface area contributed by atoms with Crippen LogP contribution in [0.15, 0.2) is 23.1 Å². The highest BCUT2D eigenvalue weighted by Gasteiger charge is 2.23. The second kappa shape index (κ2) is 11.0. The number of amides is 1. The van der Waals surface area contributed by atoms with Crippen LogP contribution in [0.5, 0.6) is 11.5 Å². The summed E-state index contributed by atoms with van der Waals surface area (Å²) in [5.74, 6) is 1.27. The summed E-state index contributed by atoms with van der Waals surface area (Å²) < 4.78 is 38.5. The first-order chi connectivity index (χ1) is 14.5. The standard InChI is InChI=1S/C22H34N2O5S/c1-2-24(18-9-5-3-6-10-18)22(25)11-7-4-8-14-23-30(26,27)19-12-13-20-21(17-19)29-16-15-28-20/h12-13,17-18,23H,2-11,14-16H2,1H3. The van der Waals surface area contributed by atoms with Crippen LogP contribution in [-0.4, -0.2) is 51.6 Å². The first kappa shape index (κ1) is 22.9. The van der Waals surface area contributed by atoms with Crippen molar-refractivity contribution in [3.8, 4) is 11.5 Å². The Labute approximate surface area is 180 Å². The number of ether oxygens (including phenoxy) is 2. The van der Waals surface area contributed by atoms with Crippen LogP contribution in [0.25, 0.3) is 0 Å². The maximum absolute atomic E-state index is 12.6. The van der Waals surface area contributed by atoms with Crippen molar-refractivity contribution < 1.29 is 22.7 Å². The maximum atomic E-state index is 12.6. The van der Waals surface area contributed by atoms with Gasteiger partial charge in [0.1, 0.15) is 13.2 Å². The zero-order valence-corrected chi connectivity index (χ0v) is 18.7. The van der Waals surface area contributed by atoms with Crippen molar-refractivity contribution >= 4 is 15.9 Å². The third-order valence-corrected chi connectivity index (χ3v) is 7.32. The third kappa shape index (κ3) is 6.11. The zero-order valence-electron chi connectivity index (χ0n) is 17.9. The van der Waals surface area contributed by atoms with Crippen LogP contribution in [0, 0.1) is 0 Å². The SMILES string of the molecule is CCN(C(=O)CCCCCNS(=O)(=O)c1ccc2c(c1)OCCO2)C1CCCCC1. The maximum Gasteiger partial charge on any atom is 0.240 e. The highest BCUT2D eigenvalue weighted by molar-refractivity contribution is 7.89. The lowest BCUT2D eigenvalue weighted by molar-refractivity contribution is -0.134. The topological polar surface area (TPSA) is 84.9 Å². The number of nitrogens with zero attached hydrogens (tertiary/aromatic N) is 1. The molecule has 30 heavy (non-hydrogen) atoms. The molecule has 1 aliphatic carbocycles. The second-order valence-corrected chi connectivity index (χ2v) is 9.75. The van der Waals surface area contributed by atoms with Crippen molar-refractivity contribution in [2.45, 2.75) is 75.6 Å². The van der Waals surface area contributed by atoms with Gasteiger partial charge in [-0.05, 0) is 44.7 Å². The Morgan fingerprint density at radius 3 is 2.53 bits per heavy atom. The molecule has 1 aromatic rings. The molecule has 8 heteroatoms. The monoisotopic (exact) mass is 438 g/mol. The first-order valence-electron chi connectivity index (χ1n) is 11.2. The summed E-state index contributed by atoms with van der Waals surface area (Å²) in [4.78, 5) is 14.8. The molecule has 1 saturated carbocycles. The van der Waals surface area contributed by atoms with Gasteiger partial charge in [-0.3, -0.25) is 4.79 Å². The fourth-order valence-corrected chi connectivity index (χ4v) is 5.32.